The van der Waals surface area contributed by atoms with Crippen molar-refractivity contribution in [2.45, 2.75) is 26.9 Å². The largest absolute Gasteiger partial charge is 0.463 e. The number of carbonyl (C=O) groups is 1. The van der Waals surface area contributed by atoms with E-state index in [4.69, 9.17) is 14.4 Å². The molecule has 1 N–H and O–H groups in total. The van der Waals surface area contributed by atoms with Crippen LogP contribution in [-0.2, 0) is 9.62 Å². The van der Waals surface area contributed by atoms with Crippen LogP contribution in [0.1, 0.15) is 41.8 Å². The second-order valence-electron chi connectivity index (χ2n) is 3.09. The van der Waals surface area contributed by atoms with Crippen LogP contribution >= 0.6 is 0 Å². The molecule has 15 heavy (non-hydrogen) atoms. The molecule has 1 aromatic rings. The summed E-state index contributed by atoms with van der Waals surface area (Å²) in [6.45, 7) is 5.30. The monoisotopic (exact) mass is 214 g/mol. The van der Waals surface area contributed by atoms with Crippen molar-refractivity contribution < 1.29 is 24.1 Å². The Morgan fingerprint density at radius 1 is 1.67 bits per heavy atom. The minimum Gasteiger partial charge on any atom is -0.463 e. The molecule has 0 amide bonds. The number of esters is 1. The summed E-state index contributed by atoms with van der Waals surface area (Å²) in [6.07, 6.45) is -0.605. The summed E-state index contributed by atoms with van der Waals surface area (Å²) in [5, 5.41) is 8.45. The molecule has 0 bridgehead atoms. The third-order valence-electron chi connectivity index (χ3n) is 1.99. The van der Waals surface area contributed by atoms with Crippen LogP contribution in [-0.4, -0.2) is 17.8 Å². The van der Waals surface area contributed by atoms with Gasteiger partial charge in [0, 0.05) is 0 Å². The Morgan fingerprint density at radius 3 is 2.87 bits per heavy atom. The number of aryl methyl sites for hydroxylation is 1. The van der Waals surface area contributed by atoms with Crippen molar-refractivity contribution in [3.8, 4) is 0 Å². The highest BCUT2D eigenvalue weighted by Gasteiger charge is 2.19. The van der Waals surface area contributed by atoms with Crippen LogP contribution in [0.5, 0.6) is 0 Å². The maximum Gasteiger partial charge on any atom is 0.341 e. The first-order valence-electron chi connectivity index (χ1n) is 4.67. The minimum absolute atomic E-state index is 0.310. The van der Waals surface area contributed by atoms with Crippen molar-refractivity contribution in [3.63, 3.8) is 0 Å². The predicted octanol–water partition coefficient (Wildman–Crippen LogP) is 2.32. The molecule has 0 aliphatic rings. The Kier molecular flexibility index (Phi) is 3.88. The van der Waals surface area contributed by atoms with Crippen LogP contribution in [0.15, 0.2) is 10.5 Å². The van der Waals surface area contributed by atoms with Crippen LogP contribution in [0.3, 0.4) is 0 Å². The highest BCUT2D eigenvalue weighted by Crippen LogP contribution is 2.22. The zero-order valence-corrected chi connectivity index (χ0v) is 8.94. The van der Waals surface area contributed by atoms with E-state index >= 15 is 0 Å². The summed E-state index contributed by atoms with van der Waals surface area (Å²) in [4.78, 5) is 15.5. The third-order valence-corrected chi connectivity index (χ3v) is 1.99. The van der Waals surface area contributed by atoms with E-state index in [1.165, 1.54) is 6.07 Å². The van der Waals surface area contributed by atoms with Crippen molar-refractivity contribution in [1.82, 2.24) is 0 Å². The zero-order chi connectivity index (χ0) is 11.4. The molecule has 0 aliphatic carbocycles. The Labute approximate surface area is 87.5 Å². The number of ether oxygens (including phenoxy) is 1. The van der Waals surface area contributed by atoms with Gasteiger partial charge >= 0.3 is 5.97 Å². The van der Waals surface area contributed by atoms with Gasteiger partial charge in [-0.15, -0.1) is 0 Å². The van der Waals surface area contributed by atoms with Gasteiger partial charge in [0.15, 0.2) is 0 Å². The fraction of sp³-hybridized carbons (Fsp3) is 0.500. The van der Waals surface area contributed by atoms with Crippen LogP contribution in [0.25, 0.3) is 0 Å². The van der Waals surface area contributed by atoms with Gasteiger partial charge in [-0.3, -0.25) is 5.26 Å². The van der Waals surface area contributed by atoms with Gasteiger partial charge in [-0.25, -0.2) is 9.68 Å². The Morgan fingerprint density at radius 2 is 2.33 bits per heavy atom. The van der Waals surface area contributed by atoms with Crippen molar-refractivity contribution in [2.24, 2.45) is 0 Å². The molecular weight excluding hydrogens is 200 g/mol. The molecule has 0 aromatic carbocycles. The summed E-state index contributed by atoms with van der Waals surface area (Å²) in [6, 6.07) is 1.51. The van der Waals surface area contributed by atoms with Gasteiger partial charge < -0.3 is 9.15 Å². The van der Waals surface area contributed by atoms with Gasteiger partial charge in [0.05, 0.1) is 6.61 Å². The van der Waals surface area contributed by atoms with E-state index < -0.39 is 12.1 Å². The van der Waals surface area contributed by atoms with E-state index in [9.17, 15) is 4.79 Å². The smallest absolute Gasteiger partial charge is 0.341 e. The fourth-order valence-electron chi connectivity index (χ4n) is 1.17. The van der Waals surface area contributed by atoms with E-state index in [1.807, 2.05) is 0 Å². The van der Waals surface area contributed by atoms with Gasteiger partial charge in [0.1, 0.15) is 23.2 Å². The molecule has 1 rings (SSSR count). The quantitative estimate of drug-likeness (QED) is 0.473. The lowest BCUT2D eigenvalue weighted by molar-refractivity contribution is -0.280. The molecule has 0 aliphatic heterocycles. The third kappa shape index (κ3) is 2.57. The van der Waals surface area contributed by atoms with Gasteiger partial charge in [0.2, 0.25) is 0 Å². The maximum atomic E-state index is 11.4. The number of rotatable bonds is 4. The van der Waals surface area contributed by atoms with Gasteiger partial charge in [-0.1, -0.05) is 0 Å². The number of carbonyl (C=O) groups excluding carboxylic acids is 1. The van der Waals surface area contributed by atoms with Crippen LogP contribution in [0.2, 0.25) is 0 Å². The predicted molar refractivity (Wildman–Crippen MR) is 51.5 cm³/mol. The molecule has 0 saturated heterocycles. The molecule has 0 spiro atoms. The molecule has 0 unspecified atom stereocenters. The zero-order valence-electron chi connectivity index (χ0n) is 8.94. The summed E-state index contributed by atoms with van der Waals surface area (Å²) in [5.41, 5.74) is 0.357. The van der Waals surface area contributed by atoms with Crippen molar-refractivity contribution in [3.05, 3.63) is 23.2 Å². The molecule has 1 atom stereocenters. The topological polar surface area (TPSA) is 68.9 Å². The van der Waals surface area contributed by atoms with Crippen molar-refractivity contribution in [1.29, 1.82) is 0 Å². The summed E-state index contributed by atoms with van der Waals surface area (Å²) >= 11 is 0. The molecule has 0 fully saturated rings. The average molecular weight is 214 g/mol. The molecule has 5 heteroatoms. The van der Waals surface area contributed by atoms with E-state index in [0.29, 0.717) is 23.7 Å². The van der Waals surface area contributed by atoms with E-state index in [-0.39, 0.29) is 0 Å². The lowest BCUT2D eigenvalue weighted by Crippen LogP contribution is -2.04. The van der Waals surface area contributed by atoms with E-state index in [2.05, 4.69) is 4.89 Å². The molecule has 84 valence electrons. The number of furan rings is 1. The standard InChI is InChI=1S/C10H14O5/c1-4-13-10(11)8-5-9(7(3)15-12)14-6(8)2/h5,7,12H,4H2,1-3H3/t7-/m1/s1. The average Bonchev–Trinajstić information content (AvgIpc) is 2.59. The normalized spacial score (nSPS) is 12.5. The molecule has 0 radical (unpaired) electrons. The summed E-state index contributed by atoms with van der Waals surface area (Å²) < 4.78 is 10.1. The molecule has 1 heterocycles. The van der Waals surface area contributed by atoms with Gasteiger partial charge in [0.25, 0.3) is 0 Å². The maximum absolute atomic E-state index is 11.4. The van der Waals surface area contributed by atoms with Crippen LogP contribution < -0.4 is 0 Å². The molecule has 1 aromatic heterocycles. The number of hydrogen-bond donors (Lipinski definition) is 1. The minimum atomic E-state index is -0.605. The van der Waals surface area contributed by atoms with Crippen LogP contribution in [0.4, 0.5) is 0 Å². The Bertz CT molecular complexity index is 342. The SMILES string of the molecule is CCOC(=O)c1cc([C@@H](C)OO)oc1C. The first kappa shape index (κ1) is 11.7. The summed E-state index contributed by atoms with van der Waals surface area (Å²) in [5.74, 6) is 0.403. The highest BCUT2D eigenvalue weighted by molar-refractivity contribution is 5.90. The molecule has 0 saturated carbocycles. The van der Waals surface area contributed by atoms with Crippen molar-refractivity contribution in [2.75, 3.05) is 6.61 Å². The summed E-state index contributed by atoms with van der Waals surface area (Å²) in [7, 11) is 0. The highest BCUT2D eigenvalue weighted by atomic mass is 17.1. The Hall–Kier alpha value is -1.33. The van der Waals surface area contributed by atoms with Crippen molar-refractivity contribution >= 4 is 5.97 Å². The molecule has 5 nitrogen and oxygen atoms in total. The number of hydrogen-bond acceptors (Lipinski definition) is 5. The first-order valence-corrected chi connectivity index (χ1v) is 4.67. The fourth-order valence-corrected chi connectivity index (χ4v) is 1.17. The lowest BCUT2D eigenvalue weighted by atomic mass is 10.2. The van der Waals surface area contributed by atoms with Crippen LogP contribution in [0, 0.1) is 6.92 Å². The lowest BCUT2D eigenvalue weighted by Gasteiger charge is -2.01. The second kappa shape index (κ2) is 4.95. The molecular formula is C10H14O5. The first-order chi connectivity index (χ1) is 7.10. The van der Waals surface area contributed by atoms with E-state index in [0.717, 1.165) is 0 Å². The van der Waals surface area contributed by atoms with Gasteiger partial charge in [-0.2, -0.15) is 0 Å². The van der Waals surface area contributed by atoms with Gasteiger partial charge in [-0.05, 0) is 26.8 Å². The Balaban J connectivity index is 2.90. The van der Waals surface area contributed by atoms with E-state index in [1.54, 1.807) is 20.8 Å². The second-order valence-corrected chi connectivity index (χ2v) is 3.09.